The Bertz CT molecular complexity index is 1450. The number of aliphatic hydroxyl groups excluding tert-OH is 1. The molecular weight excluding hydrogens is 450 g/mol. The van der Waals surface area contributed by atoms with Gasteiger partial charge in [0.1, 0.15) is 6.10 Å². The second-order valence-corrected chi connectivity index (χ2v) is 9.66. The normalized spacial score (nSPS) is 24.7. The number of fused-ring (bicyclic) bond motifs is 1. The van der Waals surface area contributed by atoms with Gasteiger partial charge in [0, 0.05) is 39.7 Å². The lowest BCUT2D eigenvalue weighted by molar-refractivity contribution is 0.0821. The molecule has 1 N–H and O–H groups in total. The molecule has 10 nitrogen and oxygen atoms in total. The van der Waals surface area contributed by atoms with Gasteiger partial charge in [0.15, 0.2) is 22.7 Å². The summed E-state index contributed by atoms with van der Waals surface area (Å²) in [6.45, 7) is 1.96. The predicted octanol–water partition coefficient (Wildman–Crippen LogP) is 0.821. The number of nitrogens with zero attached hydrogens (tertiary/aromatic N) is 5. The number of imidazole rings is 1. The van der Waals surface area contributed by atoms with Crippen LogP contribution in [-0.4, -0.2) is 61.6 Å². The lowest BCUT2D eigenvalue weighted by atomic mass is 9.69. The maximum Gasteiger partial charge on any atom is 0.332 e. The lowest BCUT2D eigenvalue weighted by Gasteiger charge is -2.35. The minimum absolute atomic E-state index is 0.00838. The number of methoxy groups -OCH3 is 1. The first kappa shape index (κ1) is 23.4. The van der Waals surface area contributed by atoms with Crippen molar-refractivity contribution in [2.45, 2.75) is 37.0 Å². The second-order valence-electron chi connectivity index (χ2n) is 9.66. The van der Waals surface area contributed by atoms with Gasteiger partial charge in [-0.3, -0.25) is 13.9 Å². The third kappa shape index (κ3) is 3.51. The van der Waals surface area contributed by atoms with Crippen LogP contribution in [0.3, 0.4) is 0 Å². The molecule has 1 spiro atoms. The van der Waals surface area contributed by atoms with Crippen molar-refractivity contribution in [2.24, 2.45) is 21.1 Å². The van der Waals surface area contributed by atoms with E-state index in [0.29, 0.717) is 17.6 Å². The van der Waals surface area contributed by atoms with Gasteiger partial charge < -0.3 is 24.0 Å². The van der Waals surface area contributed by atoms with Crippen LogP contribution in [-0.2, 0) is 33.1 Å². The minimum Gasteiger partial charge on any atom is -0.493 e. The van der Waals surface area contributed by atoms with Crippen LogP contribution in [0.2, 0.25) is 0 Å². The summed E-state index contributed by atoms with van der Waals surface area (Å²) in [7, 11) is 8.62. The summed E-state index contributed by atoms with van der Waals surface area (Å²) in [5.74, 6) is 1.68. The highest BCUT2D eigenvalue weighted by Crippen LogP contribution is 2.55. The van der Waals surface area contributed by atoms with Gasteiger partial charge >= 0.3 is 5.69 Å². The summed E-state index contributed by atoms with van der Waals surface area (Å²) >= 11 is 0. The molecule has 0 saturated carbocycles. The molecule has 0 unspecified atom stereocenters. The summed E-state index contributed by atoms with van der Waals surface area (Å²) in [5, 5.41) is 9.97. The zero-order chi connectivity index (χ0) is 25.1. The molecule has 3 atom stereocenters. The van der Waals surface area contributed by atoms with Crippen molar-refractivity contribution in [1.29, 1.82) is 0 Å². The second kappa shape index (κ2) is 8.39. The molecule has 2 aromatic heterocycles. The number of aromatic nitrogens is 4. The molecule has 10 heteroatoms. The molecule has 35 heavy (non-hydrogen) atoms. The fourth-order valence-electron chi connectivity index (χ4n) is 5.55. The number of rotatable bonds is 1. The average Bonchev–Trinajstić information content (AvgIpc) is 3.34. The first-order valence-corrected chi connectivity index (χ1v) is 11.7. The first-order chi connectivity index (χ1) is 16.7. The Morgan fingerprint density at radius 2 is 1.94 bits per heavy atom. The van der Waals surface area contributed by atoms with Crippen LogP contribution in [0.4, 0.5) is 0 Å². The summed E-state index contributed by atoms with van der Waals surface area (Å²) in [4.78, 5) is 29.5. The van der Waals surface area contributed by atoms with E-state index in [2.05, 4.69) is 29.1 Å². The van der Waals surface area contributed by atoms with E-state index in [1.807, 2.05) is 12.1 Å². The van der Waals surface area contributed by atoms with Crippen LogP contribution in [0.5, 0.6) is 11.5 Å². The van der Waals surface area contributed by atoms with Crippen molar-refractivity contribution >= 4 is 11.2 Å². The topological polar surface area (TPSA) is 104 Å². The zero-order valence-corrected chi connectivity index (χ0v) is 20.7. The van der Waals surface area contributed by atoms with Crippen molar-refractivity contribution in [3.05, 3.63) is 62.6 Å². The SMILES string of the molecule is COc1ccc2c3c1O[C@H]1C[C@@H](O)C=C[C@@]31CCN(C)C2.Cn1c(=O)c2c(ncn2C)n(C)c1=O. The molecule has 6 rings (SSSR count). The summed E-state index contributed by atoms with van der Waals surface area (Å²) in [5.41, 5.74) is 2.66. The quantitative estimate of drug-likeness (QED) is 0.513. The van der Waals surface area contributed by atoms with E-state index in [9.17, 15) is 14.7 Å². The number of benzene rings is 1. The first-order valence-electron chi connectivity index (χ1n) is 11.7. The van der Waals surface area contributed by atoms with E-state index in [-0.39, 0.29) is 22.8 Å². The highest BCUT2D eigenvalue weighted by molar-refractivity contribution is 5.69. The van der Waals surface area contributed by atoms with Crippen LogP contribution < -0.4 is 20.7 Å². The van der Waals surface area contributed by atoms with Crippen molar-refractivity contribution in [3.8, 4) is 11.5 Å². The van der Waals surface area contributed by atoms with Gasteiger partial charge in [-0.1, -0.05) is 18.2 Å². The molecule has 0 radical (unpaired) electrons. The smallest absolute Gasteiger partial charge is 0.332 e. The summed E-state index contributed by atoms with van der Waals surface area (Å²) < 4.78 is 15.8. The van der Waals surface area contributed by atoms with Crippen molar-refractivity contribution in [2.75, 3.05) is 20.7 Å². The molecule has 4 heterocycles. The van der Waals surface area contributed by atoms with E-state index >= 15 is 0 Å². The number of hydrogen-bond acceptors (Lipinski definition) is 7. The van der Waals surface area contributed by atoms with Gasteiger partial charge in [0.05, 0.1) is 25.0 Å². The van der Waals surface area contributed by atoms with Gasteiger partial charge in [0.25, 0.3) is 5.56 Å². The molecular formula is C25H31N5O5. The summed E-state index contributed by atoms with van der Waals surface area (Å²) in [6, 6.07) is 4.16. The van der Waals surface area contributed by atoms with Gasteiger partial charge in [-0.15, -0.1) is 0 Å². The Morgan fingerprint density at radius 3 is 2.69 bits per heavy atom. The van der Waals surface area contributed by atoms with Crippen molar-refractivity contribution in [1.82, 2.24) is 23.6 Å². The maximum absolute atomic E-state index is 11.7. The third-order valence-corrected chi connectivity index (χ3v) is 7.46. The molecule has 0 saturated heterocycles. The molecule has 2 aliphatic heterocycles. The van der Waals surface area contributed by atoms with Crippen LogP contribution in [0, 0.1) is 0 Å². The Hall–Kier alpha value is -3.37. The molecule has 1 aliphatic carbocycles. The van der Waals surface area contributed by atoms with Crippen LogP contribution >= 0.6 is 0 Å². The average molecular weight is 482 g/mol. The van der Waals surface area contributed by atoms with Crippen LogP contribution in [0.15, 0.2) is 40.2 Å². The minimum atomic E-state index is -0.412. The number of hydrogen-bond donors (Lipinski definition) is 1. The van der Waals surface area contributed by atoms with Gasteiger partial charge in [-0.05, 0) is 31.6 Å². The standard InChI is InChI=1S/C17H21NO3.C8H10N4O2/c1-18-8-7-17-6-5-12(19)9-14(17)21-16-13(20-2)4-3-11(10-18)15(16)17;1-10-4-9-6-5(10)7(13)12(3)8(14)11(6)2/h3-6,12,14,19H,7-10H2,1-2H3;4H,1-3H3/t12-,14-,17-;/m0./s1. The van der Waals surface area contributed by atoms with Gasteiger partial charge in [0.2, 0.25) is 0 Å². The van der Waals surface area contributed by atoms with Gasteiger partial charge in [-0.25, -0.2) is 9.78 Å². The molecule has 0 bridgehead atoms. The fraction of sp³-hybridized carbons (Fsp3) is 0.480. The monoisotopic (exact) mass is 481 g/mol. The van der Waals surface area contributed by atoms with Crippen molar-refractivity contribution < 1.29 is 14.6 Å². The number of aryl methyl sites for hydroxylation is 2. The fourth-order valence-corrected chi connectivity index (χ4v) is 5.55. The highest BCUT2D eigenvalue weighted by Gasteiger charge is 2.52. The van der Waals surface area contributed by atoms with Crippen LogP contribution in [0.1, 0.15) is 24.0 Å². The molecule has 3 aliphatic rings. The molecule has 0 fully saturated rings. The Morgan fingerprint density at radius 1 is 1.17 bits per heavy atom. The van der Waals surface area contributed by atoms with E-state index < -0.39 is 6.10 Å². The Kier molecular flexibility index (Phi) is 5.60. The number of aliphatic hydroxyl groups is 1. The highest BCUT2D eigenvalue weighted by atomic mass is 16.5. The zero-order valence-electron chi connectivity index (χ0n) is 20.7. The molecule has 1 aromatic carbocycles. The maximum atomic E-state index is 11.7. The largest absolute Gasteiger partial charge is 0.493 e. The lowest BCUT2D eigenvalue weighted by Crippen LogP contribution is -2.42. The summed E-state index contributed by atoms with van der Waals surface area (Å²) in [6.07, 6.45) is 6.90. The van der Waals surface area contributed by atoms with E-state index in [0.717, 1.165) is 35.6 Å². The van der Waals surface area contributed by atoms with E-state index in [1.54, 1.807) is 25.8 Å². The van der Waals surface area contributed by atoms with E-state index in [1.165, 1.54) is 29.1 Å². The molecule has 3 aromatic rings. The number of ether oxygens (including phenoxy) is 2. The predicted molar refractivity (Wildman–Crippen MR) is 131 cm³/mol. The van der Waals surface area contributed by atoms with Gasteiger partial charge in [-0.2, -0.15) is 0 Å². The van der Waals surface area contributed by atoms with Crippen LogP contribution in [0.25, 0.3) is 11.2 Å². The van der Waals surface area contributed by atoms with E-state index in [4.69, 9.17) is 9.47 Å². The van der Waals surface area contributed by atoms with Crippen molar-refractivity contribution in [3.63, 3.8) is 0 Å². The molecule has 0 amide bonds. The molecule has 186 valence electrons. The Labute approximate surface area is 202 Å². The third-order valence-electron chi connectivity index (χ3n) is 7.46. The Balaban J connectivity index is 0.000000158.